The third-order valence-corrected chi connectivity index (χ3v) is 2.86. The number of nitrogens with one attached hydrogen (secondary N) is 1. The highest BCUT2D eigenvalue weighted by molar-refractivity contribution is 5.46. The van der Waals surface area contributed by atoms with E-state index in [9.17, 15) is 0 Å². The van der Waals surface area contributed by atoms with Crippen molar-refractivity contribution in [1.82, 2.24) is 5.32 Å². The van der Waals surface area contributed by atoms with Gasteiger partial charge in [-0.3, -0.25) is 0 Å². The van der Waals surface area contributed by atoms with Crippen molar-refractivity contribution in [3.8, 4) is 11.5 Å². The van der Waals surface area contributed by atoms with Gasteiger partial charge in [0, 0.05) is 12.1 Å². The molecule has 0 spiro atoms. The summed E-state index contributed by atoms with van der Waals surface area (Å²) in [5.41, 5.74) is 1.13. The number of ether oxygens (including phenoxy) is 2. The van der Waals surface area contributed by atoms with Crippen LogP contribution in [0.4, 0.5) is 0 Å². The number of para-hydroxylation sites is 1. The molecule has 0 saturated carbocycles. The summed E-state index contributed by atoms with van der Waals surface area (Å²) in [6.45, 7) is 5.87. The van der Waals surface area contributed by atoms with Gasteiger partial charge in [0.25, 0.3) is 0 Å². The summed E-state index contributed by atoms with van der Waals surface area (Å²) in [6, 6.07) is 5.98. The van der Waals surface area contributed by atoms with Crippen molar-refractivity contribution < 1.29 is 9.47 Å². The van der Waals surface area contributed by atoms with Crippen LogP contribution in [0.25, 0.3) is 0 Å². The number of rotatable bonds is 7. The van der Waals surface area contributed by atoms with Crippen molar-refractivity contribution in [3.05, 3.63) is 23.8 Å². The van der Waals surface area contributed by atoms with Crippen molar-refractivity contribution >= 4 is 0 Å². The van der Waals surface area contributed by atoms with Crippen LogP contribution in [0.5, 0.6) is 11.5 Å². The maximum Gasteiger partial charge on any atom is 0.165 e. The predicted octanol–water partition coefficient (Wildman–Crippen LogP) is 2.84. The Bertz CT molecular complexity index is 339. The Hall–Kier alpha value is -1.22. The summed E-state index contributed by atoms with van der Waals surface area (Å²) < 4.78 is 11.2. The quantitative estimate of drug-likeness (QED) is 0.791. The molecule has 1 N–H and O–H groups in total. The van der Waals surface area contributed by atoms with Gasteiger partial charge in [-0.25, -0.2) is 0 Å². The van der Waals surface area contributed by atoms with Crippen LogP contribution in [-0.2, 0) is 6.54 Å². The number of hydrogen-bond acceptors (Lipinski definition) is 3. The molecule has 3 nitrogen and oxygen atoms in total. The van der Waals surface area contributed by atoms with Crippen molar-refractivity contribution in [3.63, 3.8) is 0 Å². The van der Waals surface area contributed by atoms with E-state index >= 15 is 0 Å². The maximum absolute atomic E-state index is 5.90. The summed E-state index contributed by atoms with van der Waals surface area (Å²) in [6.07, 6.45) is 1.12. The second-order valence-corrected chi connectivity index (χ2v) is 4.30. The van der Waals surface area contributed by atoms with Gasteiger partial charge in [-0.05, 0) is 19.0 Å². The molecule has 17 heavy (non-hydrogen) atoms. The minimum atomic E-state index is 0.558. The lowest BCUT2D eigenvalue weighted by atomic mass is 10.1. The van der Waals surface area contributed by atoms with E-state index in [-0.39, 0.29) is 0 Å². The molecule has 1 rings (SSSR count). The fraction of sp³-hybridized carbons (Fsp3) is 0.571. The van der Waals surface area contributed by atoms with Gasteiger partial charge in [0.15, 0.2) is 11.5 Å². The first-order valence-corrected chi connectivity index (χ1v) is 6.16. The molecular formula is C14H23NO2. The van der Waals surface area contributed by atoms with Crippen molar-refractivity contribution in [1.29, 1.82) is 0 Å². The molecule has 3 heteroatoms. The molecule has 0 saturated heterocycles. The van der Waals surface area contributed by atoms with Gasteiger partial charge in [-0.1, -0.05) is 32.4 Å². The Morgan fingerprint density at radius 2 is 2.12 bits per heavy atom. The molecule has 0 heterocycles. The highest BCUT2D eigenvalue weighted by atomic mass is 16.5. The minimum Gasteiger partial charge on any atom is -0.493 e. The zero-order valence-electron chi connectivity index (χ0n) is 11.2. The largest absolute Gasteiger partial charge is 0.493 e. The minimum absolute atomic E-state index is 0.558. The van der Waals surface area contributed by atoms with Crippen LogP contribution in [0.1, 0.15) is 25.8 Å². The number of methoxy groups -OCH3 is 1. The van der Waals surface area contributed by atoms with E-state index in [0.717, 1.165) is 36.6 Å². The first-order chi connectivity index (χ1) is 8.22. The molecule has 0 amide bonds. The topological polar surface area (TPSA) is 30.5 Å². The molecule has 0 bridgehead atoms. The van der Waals surface area contributed by atoms with E-state index in [4.69, 9.17) is 9.47 Å². The molecule has 96 valence electrons. The van der Waals surface area contributed by atoms with Crippen molar-refractivity contribution in [2.45, 2.75) is 26.8 Å². The Morgan fingerprint density at radius 1 is 1.35 bits per heavy atom. The fourth-order valence-corrected chi connectivity index (χ4v) is 1.56. The smallest absolute Gasteiger partial charge is 0.165 e. The normalized spacial score (nSPS) is 12.2. The van der Waals surface area contributed by atoms with Gasteiger partial charge < -0.3 is 14.8 Å². The molecule has 0 aliphatic carbocycles. The van der Waals surface area contributed by atoms with E-state index in [0.29, 0.717) is 5.92 Å². The average molecular weight is 237 g/mol. The van der Waals surface area contributed by atoms with Crippen LogP contribution >= 0.6 is 0 Å². The monoisotopic (exact) mass is 237 g/mol. The second kappa shape index (κ2) is 7.17. The van der Waals surface area contributed by atoms with E-state index in [1.54, 1.807) is 7.11 Å². The van der Waals surface area contributed by atoms with E-state index in [1.165, 1.54) is 0 Å². The van der Waals surface area contributed by atoms with Gasteiger partial charge in [0.05, 0.1) is 13.7 Å². The van der Waals surface area contributed by atoms with E-state index in [2.05, 4.69) is 25.2 Å². The molecule has 0 fully saturated rings. The Morgan fingerprint density at radius 3 is 2.71 bits per heavy atom. The first-order valence-electron chi connectivity index (χ1n) is 6.16. The lowest BCUT2D eigenvalue weighted by molar-refractivity contribution is 0.242. The van der Waals surface area contributed by atoms with Crippen LogP contribution in [-0.4, -0.2) is 20.8 Å². The fourth-order valence-electron chi connectivity index (χ4n) is 1.56. The SMILES string of the molecule is CCC(C)COc1c(CNC)cccc1OC. The number of benzene rings is 1. The lowest BCUT2D eigenvalue weighted by Crippen LogP contribution is -2.12. The van der Waals surface area contributed by atoms with Crippen LogP contribution < -0.4 is 14.8 Å². The summed E-state index contributed by atoms with van der Waals surface area (Å²) in [5.74, 6) is 2.23. The first kappa shape index (κ1) is 13.8. The van der Waals surface area contributed by atoms with Gasteiger partial charge >= 0.3 is 0 Å². The van der Waals surface area contributed by atoms with Crippen molar-refractivity contribution in [2.24, 2.45) is 5.92 Å². The molecule has 1 unspecified atom stereocenters. The maximum atomic E-state index is 5.90. The Kier molecular flexibility index (Phi) is 5.84. The molecule has 0 aromatic heterocycles. The van der Waals surface area contributed by atoms with Gasteiger partial charge in [0.2, 0.25) is 0 Å². The van der Waals surface area contributed by atoms with Gasteiger partial charge in [-0.2, -0.15) is 0 Å². The Labute approximate surface area is 104 Å². The summed E-state index contributed by atoms with van der Waals surface area (Å²) in [7, 11) is 3.60. The van der Waals surface area contributed by atoms with E-state index in [1.807, 2.05) is 19.2 Å². The molecule has 1 atom stereocenters. The standard InChI is InChI=1S/C14H23NO2/c1-5-11(2)10-17-14-12(9-15-3)7-6-8-13(14)16-4/h6-8,11,15H,5,9-10H2,1-4H3. The average Bonchev–Trinajstić information content (AvgIpc) is 2.36. The molecule has 0 aliphatic rings. The molecular weight excluding hydrogens is 214 g/mol. The van der Waals surface area contributed by atoms with Crippen LogP contribution in [0, 0.1) is 5.92 Å². The summed E-state index contributed by atoms with van der Waals surface area (Å²) >= 11 is 0. The van der Waals surface area contributed by atoms with Crippen LogP contribution in [0.3, 0.4) is 0 Å². The van der Waals surface area contributed by atoms with Crippen LogP contribution in [0.2, 0.25) is 0 Å². The second-order valence-electron chi connectivity index (χ2n) is 4.30. The van der Waals surface area contributed by atoms with E-state index < -0.39 is 0 Å². The molecule has 0 radical (unpaired) electrons. The third-order valence-electron chi connectivity index (χ3n) is 2.86. The summed E-state index contributed by atoms with van der Waals surface area (Å²) in [4.78, 5) is 0. The Balaban J connectivity index is 2.84. The van der Waals surface area contributed by atoms with Gasteiger partial charge in [0.1, 0.15) is 0 Å². The van der Waals surface area contributed by atoms with Gasteiger partial charge in [-0.15, -0.1) is 0 Å². The zero-order valence-corrected chi connectivity index (χ0v) is 11.2. The van der Waals surface area contributed by atoms with Crippen LogP contribution in [0.15, 0.2) is 18.2 Å². The summed E-state index contributed by atoms with van der Waals surface area (Å²) in [5, 5.41) is 3.14. The predicted molar refractivity (Wildman–Crippen MR) is 70.7 cm³/mol. The molecule has 1 aromatic carbocycles. The highest BCUT2D eigenvalue weighted by Gasteiger charge is 2.11. The zero-order chi connectivity index (χ0) is 12.7. The van der Waals surface area contributed by atoms with Crippen molar-refractivity contribution in [2.75, 3.05) is 20.8 Å². The molecule has 0 aliphatic heterocycles. The lowest BCUT2D eigenvalue weighted by Gasteiger charge is -2.17. The number of hydrogen-bond donors (Lipinski definition) is 1. The molecule has 1 aromatic rings. The highest BCUT2D eigenvalue weighted by Crippen LogP contribution is 2.31. The third kappa shape index (κ3) is 3.93.